The van der Waals surface area contributed by atoms with Gasteiger partial charge in [-0.3, -0.25) is 4.98 Å². The third kappa shape index (κ3) is 3.92. The second kappa shape index (κ2) is 7.49. The van der Waals surface area contributed by atoms with Gasteiger partial charge in [0.2, 0.25) is 0 Å². The Bertz CT molecular complexity index is 729. The van der Waals surface area contributed by atoms with E-state index in [-0.39, 0.29) is 6.04 Å². The second-order valence-electron chi connectivity index (χ2n) is 5.40. The molecule has 0 aliphatic carbocycles. The fourth-order valence-corrected chi connectivity index (χ4v) is 2.55. The maximum absolute atomic E-state index is 4.63. The van der Waals surface area contributed by atoms with E-state index in [1.54, 1.807) is 18.6 Å². The molecule has 1 atom stereocenters. The van der Waals surface area contributed by atoms with E-state index in [0.717, 1.165) is 24.2 Å². The minimum absolute atomic E-state index is 0.248. The van der Waals surface area contributed by atoms with Crippen molar-refractivity contribution in [2.24, 2.45) is 0 Å². The highest BCUT2D eigenvalue weighted by Crippen LogP contribution is 2.23. The molecule has 23 heavy (non-hydrogen) atoms. The molecule has 1 unspecified atom stereocenters. The zero-order chi connectivity index (χ0) is 15.9. The van der Waals surface area contributed by atoms with Crippen LogP contribution in [0, 0.1) is 0 Å². The van der Waals surface area contributed by atoms with Crippen molar-refractivity contribution in [2.45, 2.75) is 25.8 Å². The molecule has 0 fully saturated rings. The molecule has 2 aromatic heterocycles. The molecule has 116 valence electrons. The van der Waals surface area contributed by atoms with Crippen molar-refractivity contribution in [1.29, 1.82) is 0 Å². The first kappa shape index (κ1) is 15.2. The van der Waals surface area contributed by atoms with Crippen molar-refractivity contribution < 1.29 is 0 Å². The summed E-state index contributed by atoms with van der Waals surface area (Å²) in [6, 6.07) is 16.5. The van der Waals surface area contributed by atoms with Gasteiger partial charge in [0.15, 0.2) is 5.82 Å². The molecular formula is C19H20N4. The van der Waals surface area contributed by atoms with Gasteiger partial charge in [-0.2, -0.15) is 0 Å². The maximum atomic E-state index is 4.63. The van der Waals surface area contributed by atoms with Crippen LogP contribution in [0.3, 0.4) is 0 Å². The van der Waals surface area contributed by atoms with Crippen LogP contribution in [0.15, 0.2) is 67.1 Å². The lowest BCUT2D eigenvalue weighted by molar-refractivity contribution is 0.674. The SMILES string of the molecule is CCCC(Nc1ccnc(-c2cccnc2)n1)c1ccccc1. The smallest absolute Gasteiger partial charge is 0.163 e. The van der Waals surface area contributed by atoms with Crippen molar-refractivity contribution in [3.63, 3.8) is 0 Å². The number of hydrogen-bond acceptors (Lipinski definition) is 4. The first-order valence-corrected chi connectivity index (χ1v) is 7.91. The monoisotopic (exact) mass is 304 g/mol. The van der Waals surface area contributed by atoms with E-state index in [0.29, 0.717) is 5.82 Å². The van der Waals surface area contributed by atoms with Crippen LogP contribution in [0.1, 0.15) is 31.4 Å². The van der Waals surface area contributed by atoms with Crippen LogP contribution in [0.5, 0.6) is 0 Å². The zero-order valence-corrected chi connectivity index (χ0v) is 13.2. The Kier molecular flexibility index (Phi) is 4.94. The largest absolute Gasteiger partial charge is 0.363 e. The summed E-state index contributed by atoms with van der Waals surface area (Å²) >= 11 is 0. The Morgan fingerprint density at radius 3 is 2.61 bits per heavy atom. The number of aromatic nitrogens is 3. The van der Waals surface area contributed by atoms with E-state index < -0.39 is 0 Å². The number of benzene rings is 1. The van der Waals surface area contributed by atoms with Gasteiger partial charge in [0.05, 0.1) is 6.04 Å². The summed E-state index contributed by atoms with van der Waals surface area (Å²) in [5, 5.41) is 3.53. The Balaban J connectivity index is 1.84. The quantitative estimate of drug-likeness (QED) is 0.729. The third-order valence-corrected chi connectivity index (χ3v) is 3.68. The van der Waals surface area contributed by atoms with Crippen molar-refractivity contribution in [1.82, 2.24) is 15.0 Å². The average molecular weight is 304 g/mol. The van der Waals surface area contributed by atoms with E-state index in [2.05, 4.69) is 51.5 Å². The predicted molar refractivity (Wildman–Crippen MR) is 93.0 cm³/mol. The van der Waals surface area contributed by atoms with E-state index in [1.807, 2.05) is 24.3 Å². The number of rotatable bonds is 6. The van der Waals surface area contributed by atoms with Gasteiger partial charge in [-0.15, -0.1) is 0 Å². The van der Waals surface area contributed by atoms with Crippen molar-refractivity contribution in [3.05, 3.63) is 72.7 Å². The second-order valence-corrected chi connectivity index (χ2v) is 5.40. The van der Waals surface area contributed by atoms with E-state index in [1.165, 1.54) is 5.56 Å². The number of nitrogens with one attached hydrogen (secondary N) is 1. The lowest BCUT2D eigenvalue weighted by atomic mass is 10.0. The molecule has 4 heteroatoms. The highest BCUT2D eigenvalue weighted by Gasteiger charge is 2.11. The molecule has 0 aliphatic rings. The molecule has 0 aliphatic heterocycles. The Morgan fingerprint density at radius 1 is 1.00 bits per heavy atom. The molecule has 1 aromatic carbocycles. The first-order valence-electron chi connectivity index (χ1n) is 7.91. The van der Waals surface area contributed by atoms with Gasteiger partial charge in [0, 0.05) is 24.2 Å². The van der Waals surface area contributed by atoms with E-state index in [9.17, 15) is 0 Å². The van der Waals surface area contributed by atoms with Crippen LogP contribution in [0.4, 0.5) is 5.82 Å². The number of nitrogens with zero attached hydrogens (tertiary/aromatic N) is 3. The molecule has 1 N–H and O–H groups in total. The minimum Gasteiger partial charge on any atom is -0.363 e. The van der Waals surface area contributed by atoms with Gasteiger partial charge in [-0.25, -0.2) is 9.97 Å². The molecule has 0 bridgehead atoms. The van der Waals surface area contributed by atoms with Gasteiger partial charge in [-0.1, -0.05) is 43.7 Å². The average Bonchev–Trinajstić information content (AvgIpc) is 2.63. The van der Waals surface area contributed by atoms with Crippen LogP contribution < -0.4 is 5.32 Å². The van der Waals surface area contributed by atoms with Crippen LogP contribution in [-0.2, 0) is 0 Å². The first-order chi connectivity index (χ1) is 11.4. The molecule has 3 rings (SSSR count). The standard InChI is InChI=1S/C19H20N4/c1-2-7-17(15-8-4-3-5-9-15)22-18-11-13-21-19(23-18)16-10-6-12-20-14-16/h3-6,8-14,17H,2,7H2,1H3,(H,21,22,23). The van der Waals surface area contributed by atoms with E-state index >= 15 is 0 Å². The molecule has 0 radical (unpaired) electrons. The summed E-state index contributed by atoms with van der Waals surface area (Å²) in [4.78, 5) is 13.1. The molecule has 0 spiro atoms. The fraction of sp³-hybridized carbons (Fsp3) is 0.211. The lowest BCUT2D eigenvalue weighted by Gasteiger charge is -2.19. The molecule has 0 amide bonds. The summed E-state index contributed by atoms with van der Waals surface area (Å²) < 4.78 is 0. The topological polar surface area (TPSA) is 50.7 Å². The molecule has 3 aromatic rings. The highest BCUT2D eigenvalue weighted by atomic mass is 15.0. The summed E-state index contributed by atoms with van der Waals surface area (Å²) in [6.45, 7) is 2.19. The molecule has 4 nitrogen and oxygen atoms in total. The Labute approximate surface area is 136 Å². The number of pyridine rings is 1. The van der Waals surface area contributed by atoms with E-state index in [4.69, 9.17) is 0 Å². The van der Waals surface area contributed by atoms with Crippen LogP contribution in [0.2, 0.25) is 0 Å². The molecular weight excluding hydrogens is 284 g/mol. The highest BCUT2D eigenvalue weighted by molar-refractivity contribution is 5.55. The summed E-state index contributed by atoms with van der Waals surface area (Å²) in [7, 11) is 0. The van der Waals surface area contributed by atoms with Gasteiger partial charge in [-0.05, 0) is 30.2 Å². The van der Waals surface area contributed by atoms with Crippen molar-refractivity contribution >= 4 is 5.82 Å². The third-order valence-electron chi connectivity index (χ3n) is 3.68. The van der Waals surface area contributed by atoms with Crippen LogP contribution in [0.25, 0.3) is 11.4 Å². The van der Waals surface area contributed by atoms with Crippen molar-refractivity contribution in [2.75, 3.05) is 5.32 Å². The molecule has 0 saturated carbocycles. The Hall–Kier alpha value is -2.75. The minimum atomic E-state index is 0.248. The van der Waals surface area contributed by atoms with Crippen LogP contribution >= 0.6 is 0 Å². The van der Waals surface area contributed by atoms with Gasteiger partial charge in [0.1, 0.15) is 5.82 Å². The normalized spacial score (nSPS) is 11.9. The lowest BCUT2D eigenvalue weighted by Crippen LogP contribution is -2.12. The van der Waals surface area contributed by atoms with Gasteiger partial charge < -0.3 is 5.32 Å². The maximum Gasteiger partial charge on any atom is 0.163 e. The Morgan fingerprint density at radius 2 is 1.87 bits per heavy atom. The predicted octanol–water partition coefficient (Wildman–Crippen LogP) is 4.49. The molecule has 0 saturated heterocycles. The molecule has 2 heterocycles. The van der Waals surface area contributed by atoms with Crippen molar-refractivity contribution in [3.8, 4) is 11.4 Å². The summed E-state index contributed by atoms with van der Waals surface area (Å²) in [5.41, 5.74) is 2.19. The van der Waals surface area contributed by atoms with Gasteiger partial charge >= 0.3 is 0 Å². The van der Waals surface area contributed by atoms with Crippen LogP contribution in [-0.4, -0.2) is 15.0 Å². The summed E-state index contributed by atoms with van der Waals surface area (Å²) in [5.74, 6) is 1.52. The zero-order valence-electron chi connectivity index (χ0n) is 13.2. The van der Waals surface area contributed by atoms with Gasteiger partial charge in [0.25, 0.3) is 0 Å². The number of hydrogen-bond donors (Lipinski definition) is 1. The fourth-order valence-electron chi connectivity index (χ4n) is 2.55. The number of anilines is 1. The summed E-state index contributed by atoms with van der Waals surface area (Å²) in [6.07, 6.45) is 7.47.